The van der Waals surface area contributed by atoms with Crippen LogP contribution in [-0.2, 0) is 6.18 Å². The van der Waals surface area contributed by atoms with Crippen molar-refractivity contribution in [1.82, 2.24) is 10.2 Å². The molecule has 5 nitrogen and oxygen atoms in total. The molecule has 5 rings (SSSR count). The van der Waals surface area contributed by atoms with Crippen LogP contribution in [0.1, 0.15) is 5.56 Å². The fourth-order valence-corrected chi connectivity index (χ4v) is 4.20. The molecule has 0 unspecified atom stereocenters. The number of alkyl halides is 3. The van der Waals surface area contributed by atoms with Crippen LogP contribution in [0.2, 0.25) is 5.02 Å². The van der Waals surface area contributed by atoms with Gasteiger partial charge in [0.05, 0.1) is 30.5 Å². The SMILES string of the molecule is COc1ccc(-c2cc(-c3ccc(-c4ccc(Cl)c(C(F)(F)F)c4)o3)c(-c3ccc(OC)cc3)nn2)cc1. The second-order valence-corrected chi connectivity index (χ2v) is 8.71. The Bertz CT molecular complexity index is 1580. The first-order valence-corrected chi connectivity index (χ1v) is 11.8. The van der Waals surface area contributed by atoms with Crippen LogP contribution in [0.4, 0.5) is 13.2 Å². The Hall–Kier alpha value is -4.30. The lowest BCUT2D eigenvalue weighted by Gasteiger charge is -2.11. The highest BCUT2D eigenvalue weighted by molar-refractivity contribution is 6.31. The zero-order valence-corrected chi connectivity index (χ0v) is 21.0. The van der Waals surface area contributed by atoms with Crippen molar-refractivity contribution < 1.29 is 27.1 Å². The highest BCUT2D eigenvalue weighted by atomic mass is 35.5. The molecule has 38 heavy (non-hydrogen) atoms. The van der Waals surface area contributed by atoms with Gasteiger partial charge in [0.15, 0.2) is 0 Å². The Kier molecular flexibility index (Phi) is 6.82. The summed E-state index contributed by atoms with van der Waals surface area (Å²) in [4.78, 5) is 0. The molecule has 0 bridgehead atoms. The van der Waals surface area contributed by atoms with Gasteiger partial charge in [-0.3, -0.25) is 0 Å². The quantitative estimate of drug-likeness (QED) is 0.218. The summed E-state index contributed by atoms with van der Waals surface area (Å²) in [5.74, 6) is 2.06. The number of aromatic nitrogens is 2. The van der Waals surface area contributed by atoms with E-state index in [1.807, 2.05) is 42.5 Å². The summed E-state index contributed by atoms with van der Waals surface area (Å²) in [6, 6.07) is 23.5. The molecule has 0 aliphatic heterocycles. The summed E-state index contributed by atoms with van der Waals surface area (Å²) in [6.07, 6.45) is -4.59. The first kappa shape index (κ1) is 25.4. The Morgan fingerprint density at radius 1 is 0.684 bits per heavy atom. The largest absolute Gasteiger partial charge is 0.497 e. The summed E-state index contributed by atoms with van der Waals surface area (Å²) in [7, 11) is 3.17. The fraction of sp³-hybridized carbons (Fsp3) is 0.103. The zero-order valence-electron chi connectivity index (χ0n) is 20.2. The predicted octanol–water partition coefficient (Wildman–Crippen LogP) is 8.43. The highest BCUT2D eigenvalue weighted by Gasteiger charge is 2.33. The van der Waals surface area contributed by atoms with E-state index < -0.39 is 11.7 Å². The average Bonchev–Trinajstić information content (AvgIpc) is 3.43. The molecular formula is C29H20ClF3N2O3. The molecule has 0 aliphatic carbocycles. The molecule has 0 amide bonds. The molecule has 9 heteroatoms. The molecule has 0 radical (unpaired) electrons. The molecule has 192 valence electrons. The maximum atomic E-state index is 13.4. The van der Waals surface area contributed by atoms with Gasteiger partial charge in [0.1, 0.15) is 28.7 Å². The van der Waals surface area contributed by atoms with Crippen LogP contribution in [0.5, 0.6) is 11.5 Å². The third-order valence-corrected chi connectivity index (χ3v) is 6.30. The Labute approximate surface area is 221 Å². The van der Waals surface area contributed by atoms with Crippen LogP contribution in [0, 0.1) is 0 Å². The molecule has 0 aliphatic rings. The molecule has 0 fully saturated rings. The van der Waals surface area contributed by atoms with Crippen LogP contribution in [-0.4, -0.2) is 24.4 Å². The fourth-order valence-electron chi connectivity index (χ4n) is 3.98. The van der Waals surface area contributed by atoms with E-state index in [0.717, 1.165) is 17.2 Å². The molecule has 0 saturated carbocycles. The second kappa shape index (κ2) is 10.2. The molecular weight excluding hydrogens is 517 g/mol. The number of rotatable bonds is 6. The molecule has 0 spiro atoms. The predicted molar refractivity (Wildman–Crippen MR) is 139 cm³/mol. The number of hydrogen-bond acceptors (Lipinski definition) is 5. The minimum atomic E-state index is -4.59. The first-order valence-electron chi connectivity index (χ1n) is 11.4. The third kappa shape index (κ3) is 5.08. The minimum Gasteiger partial charge on any atom is -0.497 e. The number of hydrogen-bond donors (Lipinski definition) is 0. The van der Waals surface area contributed by atoms with Crippen LogP contribution in [0.15, 0.2) is 89.3 Å². The van der Waals surface area contributed by atoms with Gasteiger partial charge in [-0.2, -0.15) is 13.2 Å². The molecule has 0 saturated heterocycles. The van der Waals surface area contributed by atoms with Gasteiger partial charge in [0.25, 0.3) is 0 Å². The smallest absolute Gasteiger partial charge is 0.417 e. The summed E-state index contributed by atoms with van der Waals surface area (Å²) >= 11 is 5.79. The Balaban J connectivity index is 1.61. The molecule has 0 N–H and O–H groups in total. The lowest BCUT2D eigenvalue weighted by molar-refractivity contribution is -0.137. The van der Waals surface area contributed by atoms with E-state index in [9.17, 15) is 13.2 Å². The van der Waals surface area contributed by atoms with Crippen LogP contribution in [0.3, 0.4) is 0 Å². The first-order chi connectivity index (χ1) is 18.3. The standard InChI is InChI=1S/C29H20ClF3N2O3/c1-36-20-8-3-17(4-9-20)25-16-22(28(35-34-25)18-5-10-21(37-2)11-6-18)27-14-13-26(38-27)19-7-12-24(30)23(15-19)29(31,32)33/h3-16H,1-2H3. The Morgan fingerprint density at radius 3 is 1.87 bits per heavy atom. The average molecular weight is 537 g/mol. The van der Waals surface area contributed by atoms with E-state index in [0.29, 0.717) is 34.2 Å². The lowest BCUT2D eigenvalue weighted by Crippen LogP contribution is -2.05. The number of benzene rings is 3. The normalized spacial score (nSPS) is 11.4. The van der Waals surface area contributed by atoms with E-state index >= 15 is 0 Å². The number of halogens is 4. The van der Waals surface area contributed by atoms with Crippen LogP contribution < -0.4 is 9.47 Å². The number of furan rings is 1. The van der Waals surface area contributed by atoms with E-state index in [-0.39, 0.29) is 16.3 Å². The monoisotopic (exact) mass is 536 g/mol. The topological polar surface area (TPSA) is 57.4 Å². The lowest BCUT2D eigenvalue weighted by atomic mass is 10.0. The van der Waals surface area contributed by atoms with E-state index in [1.165, 1.54) is 12.1 Å². The van der Waals surface area contributed by atoms with Gasteiger partial charge in [-0.15, -0.1) is 10.2 Å². The third-order valence-electron chi connectivity index (χ3n) is 5.97. The number of ether oxygens (including phenoxy) is 2. The maximum Gasteiger partial charge on any atom is 0.417 e. The van der Waals surface area contributed by atoms with Crippen molar-refractivity contribution in [3.8, 4) is 56.7 Å². The van der Waals surface area contributed by atoms with Crippen molar-refractivity contribution >= 4 is 11.6 Å². The maximum absolute atomic E-state index is 13.4. The van der Waals surface area contributed by atoms with Gasteiger partial charge in [0.2, 0.25) is 0 Å². The zero-order chi connectivity index (χ0) is 26.9. The molecule has 0 atom stereocenters. The van der Waals surface area contributed by atoms with Crippen molar-refractivity contribution in [2.75, 3.05) is 14.2 Å². The van der Waals surface area contributed by atoms with Crippen molar-refractivity contribution in [3.63, 3.8) is 0 Å². The van der Waals surface area contributed by atoms with Crippen LogP contribution in [0.25, 0.3) is 45.2 Å². The molecule has 2 aromatic heterocycles. The van der Waals surface area contributed by atoms with Gasteiger partial charge in [-0.05, 0) is 84.9 Å². The molecule has 3 aromatic carbocycles. The van der Waals surface area contributed by atoms with Gasteiger partial charge in [-0.25, -0.2) is 0 Å². The van der Waals surface area contributed by atoms with Crippen LogP contribution >= 0.6 is 11.6 Å². The van der Waals surface area contributed by atoms with Gasteiger partial charge < -0.3 is 13.9 Å². The summed E-state index contributed by atoms with van der Waals surface area (Å²) in [5, 5.41) is 8.53. The minimum absolute atomic E-state index is 0.247. The number of methoxy groups -OCH3 is 2. The van der Waals surface area contributed by atoms with Gasteiger partial charge >= 0.3 is 6.18 Å². The van der Waals surface area contributed by atoms with E-state index in [4.69, 9.17) is 25.5 Å². The Morgan fingerprint density at radius 2 is 1.26 bits per heavy atom. The summed E-state index contributed by atoms with van der Waals surface area (Å²) in [6.45, 7) is 0. The van der Waals surface area contributed by atoms with Crippen molar-refractivity contribution in [3.05, 3.63) is 95.5 Å². The summed E-state index contributed by atoms with van der Waals surface area (Å²) in [5.41, 5.74) is 2.63. The highest BCUT2D eigenvalue weighted by Crippen LogP contribution is 2.40. The molecule has 5 aromatic rings. The van der Waals surface area contributed by atoms with Crippen molar-refractivity contribution in [1.29, 1.82) is 0 Å². The van der Waals surface area contributed by atoms with Crippen molar-refractivity contribution in [2.24, 2.45) is 0 Å². The van der Waals surface area contributed by atoms with Gasteiger partial charge in [-0.1, -0.05) is 11.6 Å². The molecule has 2 heterocycles. The number of nitrogens with zero attached hydrogens (tertiary/aromatic N) is 2. The van der Waals surface area contributed by atoms with E-state index in [2.05, 4.69) is 10.2 Å². The van der Waals surface area contributed by atoms with Gasteiger partial charge in [0, 0.05) is 22.3 Å². The second-order valence-electron chi connectivity index (χ2n) is 8.31. The van der Waals surface area contributed by atoms with Crippen molar-refractivity contribution in [2.45, 2.75) is 6.18 Å². The van der Waals surface area contributed by atoms with E-state index in [1.54, 1.807) is 38.5 Å². The summed E-state index contributed by atoms with van der Waals surface area (Å²) < 4.78 is 56.8.